The van der Waals surface area contributed by atoms with Crippen LogP contribution < -0.4 is 0 Å². The fraction of sp³-hybridized carbons (Fsp3) is 0.200. The molecule has 1 aromatic carbocycles. The number of nitrogens with zero attached hydrogens (tertiary/aromatic N) is 6. The molecule has 3 aromatic heterocycles. The van der Waals surface area contributed by atoms with Gasteiger partial charge >= 0.3 is 0 Å². The van der Waals surface area contributed by atoms with Crippen molar-refractivity contribution in [1.29, 1.82) is 0 Å². The van der Waals surface area contributed by atoms with E-state index in [1.807, 2.05) is 30.3 Å². The molecule has 8 nitrogen and oxygen atoms in total. The third kappa shape index (κ3) is 2.88. The van der Waals surface area contributed by atoms with Crippen molar-refractivity contribution in [1.82, 2.24) is 30.0 Å². The lowest BCUT2D eigenvalue weighted by Gasteiger charge is -2.16. The number of benzene rings is 1. The molecule has 0 radical (unpaired) electrons. The number of rotatable bonds is 3. The summed E-state index contributed by atoms with van der Waals surface area (Å²) in [7, 11) is 0. The molecule has 1 aliphatic rings. The lowest BCUT2D eigenvalue weighted by molar-refractivity contribution is 0.0786. The Bertz CT molecular complexity index is 1140. The summed E-state index contributed by atoms with van der Waals surface area (Å²) in [4.78, 5) is 31.9. The Morgan fingerprint density at radius 1 is 1.00 bits per heavy atom. The number of likely N-dealkylation sites (tertiary alicyclic amines) is 1. The number of pyridine rings is 1. The summed E-state index contributed by atoms with van der Waals surface area (Å²) in [6.07, 6.45) is 5.69. The van der Waals surface area contributed by atoms with Crippen LogP contribution in [0.4, 0.5) is 0 Å². The lowest BCUT2D eigenvalue weighted by Crippen LogP contribution is -2.29. The van der Waals surface area contributed by atoms with Crippen LogP contribution in [-0.4, -0.2) is 49.0 Å². The van der Waals surface area contributed by atoms with Crippen LogP contribution in [0.5, 0.6) is 0 Å². The molecular formula is C20H16N6O2. The van der Waals surface area contributed by atoms with Crippen LogP contribution in [-0.2, 0) is 0 Å². The largest absolute Gasteiger partial charge is 0.338 e. The van der Waals surface area contributed by atoms with E-state index in [2.05, 4.69) is 25.1 Å². The number of hydrogen-bond acceptors (Lipinski definition) is 7. The van der Waals surface area contributed by atoms with Crippen molar-refractivity contribution in [2.75, 3.05) is 13.1 Å². The molecule has 1 aliphatic heterocycles. The predicted octanol–water partition coefficient (Wildman–Crippen LogP) is 2.70. The van der Waals surface area contributed by atoms with Crippen LogP contribution in [0, 0.1) is 0 Å². The Balaban J connectivity index is 1.36. The van der Waals surface area contributed by atoms with Gasteiger partial charge in [-0.05, 0) is 23.9 Å². The first-order chi connectivity index (χ1) is 13.8. The SMILES string of the molecule is O=C(c1nccc2ccccc12)N1CC[C@@H](c2nc(-c3ncccn3)no2)C1. The quantitative estimate of drug-likeness (QED) is 0.545. The Hall–Kier alpha value is -3.68. The van der Waals surface area contributed by atoms with Gasteiger partial charge in [-0.25, -0.2) is 9.97 Å². The molecule has 1 amide bonds. The molecule has 1 fully saturated rings. The van der Waals surface area contributed by atoms with Gasteiger partial charge in [0.2, 0.25) is 17.5 Å². The number of amides is 1. The number of carbonyl (C=O) groups is 1. The molecule has 1 atom stereocenters. The van der Waals surface area contributed by atoms with Crippen molar-refractivity contribution >= 4 is 16.7 Å². The number of aromatic nitrogens is 5. The zero-order valence-corrected chi connectivity index (χ0v) is 14.9. The Morgan fingerprint density at radius 2 is 1.86 bits per heavy atom. The maximum Gasteiger partial charge on any atom is 0.273 e. The van der Waals surface area contributed by atoms with E-state index in [0.29, 0.717) is 36.3 Å². The van der Waals surface area contributed by atoms with Gasteiger partial charge in [-0.1, -0.05) is 29.4 Å². The zero-order valence-electron chi connectivity index (χ0n) is 14.9. The van der Waals surface area contributed by atoms with Gasteiger partial charge in [-0.3, -0.25) is 9.78 Å². The molecule has 0 N–H and O–H groups in total. The fourth-order valence-corrected chi connectivity index (χ4v) is 3.49. The van der Waals surface area contributed by atoms with E-state index in [4.69, 9.17) is 4.52 Å². The second kappa shape index (κ2) is 6.80. The second-order valence-corrected chi connectivity index (χ2v) is 6.65. The molecule has 138 valence electrons. The normalized spacial score (nSPS) is 16.6. The van der Waals surface area contributed by atoms with E-state index in [0.717, 1.165) is 17.2 Å². The molecule has 1 saturated heterocycles. The molecule has 4 aromatic rings. The third-order valence-electron chi connectivity index (χ3n) is 4.91. The molecule has 0 aliphatic carbocycles. The first-order valence-corrected chi connectivity index (χ1v) is 9.03. The summed E-state index contributed by atoms with van der Waals surface area (Å²) in [5.74, 6) is 1.19. The minimum atomic E-state index is -0.0783. The van der Waals surface area contributed by atoms with Crippen molar-refractivity contribution in [2.24, 2.45) is 0 Å². The molecule has 4 heterocycles. The van der Waals surface area contributed by atoms with Crippen LogP contribution in [0.25, 0.3) is 22.4 Å². The third-order valence-corrected chi connectivity index (χ3v) is 4.91. The summed E-state index contributed by atoms with van der Waals surface area (Å²) >= 11 is 0. The van der Waals surface area contributed by atoms with Gasteiger partial charge in [0, 0.05) is 37.1 Å². The zero-order chi connectivity index (χ0) is 18.9. The summed E-state index contributed by atoms with van der Waals surface area (Å²) in [6.45, 7) is 1.13. The lowest BCUT2D eigenvalue weighted by atomic mass is 10.1. The van der Waals surface area contributed by atoms with Gasteiger partial charge in [0.05, 0.1) is 5.92 Å². The van der Waals surface area contributed by atoms with E-state index in [1.54, 1.807) is 29.6 Å². The minimum absolute atomic E-state index is 0.0103. The van der Waals surface area contributed by atoms with E-state index in [-0.39, 0.29) is 11.8 Å². The van der Waals surface area contributed by atoms with Gasteiger partial charge < -0.3 is 9.42 Å². The van der Waals surface area contributed by atoms with Gasteiger partial charge in [0.15, 0.2) is 0 Å². The van der Waals surface area contributed by atoms with Crippen LogP contribution in [0.3, 0.4) is 0 Å². The van der Waals surface area contributed by atoms with Gasteiger partial charge in [0.25, 0.3) is 5.91 Å². The summed E-state index contributed by atoms with van der Waals surface area (Å²) in [5.41, 5.74) is 0.475. The summed E-state index contributed by atoms with van der Waals surface area (Å²) < 4.78 is 5.41. The maximum atomic E-state index is 13.0. The van der Waals surface area contributed by atoms with E-state index in [1.165, 1.54) is 0 Å². The summed E-state index contributed by atoms with van der Waals surface area (Å²) in [6, 6.07) is 11.4. The van der Waals surface area contributed by atoms with E-state index in [9.17, 15) is 4.79 Å². The Kier molecular flexibility index (Phi) is 4.01. The highest BCUT2D eigenvalue weighted by Gasteiger charge is 2.32. The van der Waals surface area contributed by atoms with Crippen molar-refractivity contribution < 1.29 is 9.32 Å². The van der Waals surface area contributed by atoms with Crippen LogP contribution in [0.1, 0.15) is 28.7 Å². The van der Waals surface area contributed by atoms with Crippen LogP contribution in [0.2, 0.25) is 0 Å². The van der Waals surface area contributed by atoms with Crippen LogP contribution in [0.15, 0.2) is 59.5 Å². The van der Waals surface area contributed by atoms with E-state index < -0.39 is 0 Å². The van der Waals surface area contributed by atoms with Crippen molar-refractivity contribution in [3.63, 3.8) is 0 Å². The van der Waals surface area contributed by atoms with Gasteiger partial charge in [-0.15, -0.1) is 0 Å². The number of carbonyl (C=O) groups excluding carboxylic acids is 1. The summed E-state index contributed by atoms with van der Waals surface area (Å²) in [5, 5.41) is 5.83. The second-order valence-electron chi connectivity index (χ2n) is 6.65. The highest BCUT2D eigenvalue weighted by Crippen LogP contribution is 2.29. The number of hydrogen-bond donors (Lipinski definition) is 0. The molecule has 5 rings (SSSR count). The molecule has 28 heavy (non-hydrogen) atoms. The standard InChI is InChI=1S/C20H16N6O2/c27-20(16-15-5-2-1-4-13(15)6-10-21-16)26-11-7-14(12-26)19-24-18(25-28-19)17-22-8-3-9-23-17/h1-6,8-10,14H,7,11-12H2/t14-/m1/s1. The molecule has 0 bridgehead atoms. The first kappa shape index (κ1) is 16.5. The Labute approximate surface area is 160 Å². The molecule has 0 spiro atoms. The smallest absolute Gasteiger partial charge is 0.273 e. The van der Waals surface area contributed by atoms with Crippen molar-refractivity contribution in [3.05, 3.63) is 66.6 Å². The highest BCUT2D eigenvalue weighted by molar-refractivity contribution is 6.05. The average molecular weight is 372 g/mol. The van der Waals surface area contributed by atoms with Gasteiger partial charge in [0.1, 0.15) is 5.69 Å². The molecular weight excluding hydrogens is 356 g/mol. The Morgan fingerprint density at radius 3 is 2.75 bits per heavy atom. The number of fused-ring (bicyclic) bond motifs is 1. The monoisotopic (exact) mass is 372 g/mol. The molecule has 0 unspecified atom stereocenters. The van der Waals surface area contributed by atoms with E-state index >= 15 is 0 Å². The highest BCUT2D eigenvalue weighted by atomic mass is 16.5. The van der Waals surface area contributed by atoms with Crippen molar-refractivity contribution in [3.8, 4) is 11.6 Å². The molecule has 0 saturated carbocycles. The first-order valence-electron chi connectivity index (χ1n) is 9.03. The predicted molar refractivity (Wildman–Crippen MR) is 100 cm³/mol. The van der Waals surface area contributed by atoms with Crippen molar-refractivity contribution in [2.45, 2.75) is 12.3 Å². The molecule has 8 heteroatoms. The maximum absolute atomic E-state index is 13.0. The fourth-order valence-electron chi connectivity index (χ4n) is 3.49. The van der Waals surface area contributed by atoms with Gasteiger partial charge in [-0.2, -0.15) is 4.98 Å². The minimum Gasteiger partial charge on any atom is -0.338 e. The van der Waals surface area contributed by atoms with Crippen LogP contribution >= 0.6 is 0 Å². The average Bonchev–Trinajstić information content (AvgIpc) is 3.43. The topological polar surface area (TPSA) is 97.9 Å².